The molecular formula is C19H20N2O2. The number of carbonyl (C=O) groups excluding carboxylic acids is 1. The van der Waals surface area contributed by atoms with Gasteiger partial charge in [-0.1, -0.05) is 36.4 Å². The van der Waals surface area contributed by atoms with Crippen LogP contribution in [0.15, 0.2) is 48.5 Å². The molecular weight excluding hydrogens is 288 g/mol. The van der Waals surface area contributed by atoms with E-state index in [4.69, 9.17) is 4.74 Å². The molecule has 4 nitrogen and oxygen atoms in total. The number of rotatable bonds is 3. The molecule has 2 heterocycles. The second-order valence-corrected chi connectivity index (χ2v) is 5.93. The van der Waals surface area contributed by atoms with Gasteiger partial charge in [0.25, 0.3) is 0 Å². The van der Waals surface area contributed by atoms with Crippen LogP contribution in [0.5, 0.6) is 0 Å². The van der Waals surface area contributed by atoms with E-state index in [0.717, 1.165) is 0 Å². The third-order valence-electron chi connectivity index (χ3n) is 4.59. The Balaban J connectivity index is 1.64. The van der Waals surface area contributed by atoms with Crippen molar-refractivity contribution in [1.82, 2.24) is 9.47 Å². The van der Waals surface area contributed by atoms with Gasteiger partial charge in [0.15, 0.2) is 0 Å². The maximum atomic E-state index is 12.4. The lowest BCUT2D eigenvalue weighted by Gasteiger charge is -2.27. The highest BCUT2D eigenvalue weighted by atomic mass is 16.5. The number of aromatic nitrogens is 1. The minimum Gasteiger partial charge on any atom is -0.378 e. The van der Waals surface area contributed by atoms with Crippen molar-refractivity contribution in [3.63, 3.8) is 0 Å². The van der Waals surface area contributed by atoms with Crippen LogP contribution in [0.3, 0.4) is 0 Å². The molecule has 1 saturated heterocycles. The van der Waals surface area contributed by atoms with Crippen LogP contribution < -0.4 is 0 Å². The Morgan fingerprint density at radius 1 is 0.913 bits per heavy atom. The third kappa shape index (κ3) is 2.59. The number of ether oxygens (including phenoxy) is 1. The van der Waals surface area contributed by atoms with Crippen molar-refractivity contribution in [1.29, 1.82) is 0 Å². The van der Waals surface area contributed by atoms with Gasteiger partial charge < -0.3 is 14.2 Å². The molecule has 0 atom stereocenters. The molecule has 0 bridgehead atoms. The summed E-state index contributed by atoms with van der Waals surface area (Å²) in [6.07, 6.45) is 0.530. The minimum atomic E-state index is 0.218. The number of benzene rings is 2. The number of aryl methyl sites for hydroxylation is 1. The first-order valence-corrected chi connectivity index (χ1v) is 8.16. The van der Waals surface area contributed by atoms with E-state index in [1.54, 1.807) is 0 Å². The Bertz CT molecular complexity index is 794. The number of carbonyl (C=O) groups is 1. The van der Waals surface area contributed by atoms with Crippen LogP contribution in [0.4, 0.5) is 0 Å². The van der Waals surface area contributed by atoms with Gasteiger partial charge in [-0.3, -0.25) is 4.79 Å². The van der Waals surface area contributed by atoms with Crippen LogP contribution >= 0.6 is 0 Å². The van der Waals surface area contributed by atoms with Crippen LogP contribution in [0, 0.1) is 0 Å². The Kier molecular flexibility index (Phi) is 3.75. The molecule has 0 radical (unpaired) electrons. The van der Waals surface area contributed by atoms with Crippen LogP contribution in [-0.2, 0) is 16.1 Å². The van der Waals surface area contributed by atoms with E-state index in [0.29, 0.717) is 39.3 Å². The topological polar surface area (TPSA) is 34.5 Å². The molecule has 1 aromatic heterocycles. The Morgan fingerprint density at radius 3 is 2.09 bits per heavy atom. The minimum absolute atomic E-state index is 0.218. The summed E-state index contributed by atoms with van der Waals surface area (Å²) in [7, 11) is 0. The lowest BCUT2D eigenvalue weighted by molar-refractivity contribution is -0.135. The molecule has 1 aliphatic rings. The highest BCUT2D eigenvalue weighted by molar-refractivity contribution is 6.08. The summed E-state index contributed by atoms with van der Waals surface area (Å²) in [5.41, 5.74) is 2.40. The maximum Gasteiger partial charge on any atom is 0.224 e. The number of hydrogen-bond acceptors (Lipinski definition) is 2. The Hall–Kier alpha value is -2.33. The summed E-state index contributed by atoms with van der Waals surface area (Å²) in [6, 6.07) is 16.8. The summed E-state index contributed by atoms with van der Waals surface area (Å²) in [6.45, 7) is 3.45. The van der Waals surface area contributed by atoms with E-state index in [9.17, 15) is 4.79 Å². The molecule has 3 aromatic rings. The zero-order valence-corrected chi connectivity index (χ0v) is 13.1. The molecule has 118 valence electrons. The van der Waals surface area contributed by atoms with Gasteiger partial charge >= 0.3 is 0 Å². The van der Waals surface area contributed by atoms with Crippen molar-refractivity contribution in [3.8, 4) is 0 Å². The summed E-state index contributed by atoms with van der Waals surface area (Å²) >= 11 is 0. The average Bonchev–Trinajstić information content (AvgIpc) is 2.94. The number of fused-ring (bicyclic) bond motifs is 3. The van der Waals surface area contributed by atoms with Crippen molar-refractivity contribution in [2.24, 2.45) is 0 Å². The van der Waals surface area contributed by atoms with E-state index in [-0.39, 0.29) is 5.91 Å². The van der Waals surface area contributed by atoms with Gasteiger partial charge in [-0.05, 0) is 12.1 Å². The number of amides is 1. The lowest BCUT2D eigenvalue weighted by Crippen LogP contribution is -2.40. The van der Waals surface area contributed by atoms with Gasteiger partial charge in [0.1, 0.15) is 0 Å². The van der Waals surface area contributed by atoms with Crippen LogP contribution in [-0.4, -0.2) is 41.7 Å². The number of nitrogens with zero attached hydrogens (tertiary/aromatic N) is 2. The number of morpholine rings is 1. The van der Waals surface area contributed by atoms with Gasteiger partial charge in [0.05, 0.1) is 13.2 Å². The molecule has 1 amide bonds. The molecule has 4 heteroatoms. The summed E-state index contributed by atoms with van der Waals surface area (Å²) in [5, 5.41) is 2.50. The van der Waals surface area contributed by atoms with Crippen molar-refractivity contribution in [2.75, 3.05) is 26.3 Å². The van der Waals surface area contributed by atoms with Crippen molar-refractivity contribution in [2.45, 2.75) is 13.0 Å². The maximum absolute atomic E-state index is 12.4. The van der Waals surface area contributed by atoms with Crippen molar-refractivity contribution < 1.29 is 9.53 Å². The molecule has 2 aromatic carbocycles. The zero-order valence-electron chi connectivity index (χ0n) is 13.1. The molecule has 23 heavy (non-hydrogen) atoms. The normalized spacial score (nSPS) is 15.4. The van der Waals surface area contributed by atoms with Gasteiger partial charge in [-0.25, -0.2) is 0 Å². The molecule has 4 rings (SSSR count). The lowest BCUT2D eigenvalue weighted by atomic mass is 10.2. The Morgan fingerprint density at radius 2 is 1.48 bits per heavy atom. The van der Waals surface area contributed by atoms with Crippen molar-refractivity contribution in [3.05, 3.63) is 48.5 Å². The molecule has 0 saturated carbocycles. The Labute approximate surface area is 135 Å². The number of para-hydroxylation sites is 2. The first-order valence-electron chi connectivity index (χ1n) is 8.16. The van der Waals surface area contributed by atoms with Crippen LogP contribution in [0.2, 0.25) is 0 Å². The van der Waals surface area contributed by atoms with Crippen molar-refractivity contribution >= 4 is 27.7 Å². The molecule has 0 N–H and O–H groups in total. The summed E-state index contributed by atoms with van der Waals surface area (Å²) < 4.78 is 7.58. The fourth-order valence-corrected chi connectivity index (χ4v) is 3.42. The number of hydrogen-bond donors (Lipinski definition) is 0. The van der Waals surface area contributed by atoms with Gasteiger partial charge in [-0.15, -0.1) is 0 Å². The monoisotopic (exact) mass is 308 g/mol. The van der Waals surface area contributed by atoms with Gasteiger partial charge in [0.2, 0.25) is 5.91 Å². The zero-order chi connectivity index (χ0) is 15.6. The van der Waals surface area contributed by atoms with E-state index in [2.05, 4.69) is 53.1 Å². The van der Waals surface area contributed by atoms with E-state index >= 15 is 0 Å². The molecule has 0 aliphatic carbocycles. The smallest absolute Gasteiger partial charge is 0.224 e. The van der Waals surface area contributed by atoms with Crippen LogP contribution in [0.25, 0.3) is 21.8 Å². The quantitative estimate of drug-likeness (QED) is 0.745. The molecule has 1 fully saturated rings. The SMILES string of the molecule is O=C(CCn1c2ccccc2c2ccccc21)N1CCOCC1. The first-order chi connectivity index (χ1) is 11.3. The standard InChI is InChI=1S/C19H20N2O2/c22-19(20-11-13-23-14-12-20)9-10-21-17-7-3-1-5-15(17)16-6-2-4-8-18(16)21/h1-8H,9-14H2. The second-order valence-electron chi connectivity index (χ2n) is 5.93. The molecule has 0 unspecified atom stereocenters. The van der Waals surface area contributed by atoms with Gasteiger partial charge in [-0.2, -0.15) is 0 Å². The van der Waals surface area contributed by atoms with Crippen LogP contribution in [0.1, 0.15) is 6.42 Å². The third-order valence-corrected chi connectivity index (χ3v) is 4.59. The summed E-state index contributed by atoms with van der Waals surface area (Å²) in [4.78, 5) is 14.3. The molecule has 1 aliphatic heterocycles. The predicted molar refractivity (Wildman–Crippen MR) is 91.5 cm³/mol. The van der Waals surface area contributed by atoms with Gasteiger partial charge in [0, 0.05) is 47.9 Å². The van der Waals surface area contributed by atoms with E-state index in [1.165, 1.54) is 21.8 Å². The molecule has 0 spiro atoms. The van der Waals surface area contributed by atoms with E-state index in [1.807, 2.05) is 4.90 Å². The highest BCUT2D eigenvalue weighted by Gasteiger charge is 2.17. The average molecular weight is 308 g/mol. The highest BCUT2D eigenvalue weighted by Crippen LogP contribution is 2.28. The van der Waals surface area contributed by atoms with E-state index < -0.39 is 0 Å². The first kappa shape index (κ1) is 14.3. The summed E-state index contributed by atoms with van der Waals surface area (Å²) in [5.74, 6) is 0.218. The second kappa shape index (κ2) is 6.05. The largest absolute Gasteiger partial charge is 0.378 e. The fraction of sp³-hybridized carbons (Fsp3) is 0.316. The fourth-order valence-electron chi connectivity index (χ4n) is 3.42. The predicted octanol–water partition coefficient (Wildman–Crippen LogP) is 3.04.